The smallest absolute Gasteiger partial charge is 0.232 e. The Morgan fingerprint density at radius 3 is 2.59 bits per heavy atom. The predicted octanol–water partition coefficient (Wildman–Crippen LogP) is 2.58. The molecule has 1 heterocycles. The van der Waals surface area contributed by atoms with Crippen molar-refractivity contribution in [3.8, 4) is 11.8 Å². The number of hydrogen-bond donors (Lipinski definition) is 1. The van der Waals surface area contributed by atoms with E-state index in [2.05, 4.69) is 15.2 Å². The van der Waals surface area contributed by atoms with Gasteiger partial charge in [-0.3, -0.25) is 0 Å². The summed E-state index contributed by atoms with van der Waals surface area (Å²) in [6.07, 6.45) is 0. The van der Waals surface area contributed by atoms with Crippen molar-refractivity contribution in [3.63, 3.8) is 0 Å². The third kappa shape index (κ3) is 3.57. The van der Waals surface area contributed by atoms with Gasteiger partial charge in [-0.1, -0.05) is 12.1 Å². The summed E-state index contributed by atoms with van der Waals surface area (Å²) in [6.45, 7) is 2.32. The molecule has 22 heavy (non-hydrogen) atoms. The highest BCUT2D eigenvalue weighted by Gasteiger charge is 2.17. The molecule has 2 rings (SSSR count). The van der Waals surface area contributed by atoms with Gasteiger partial charge in [-0.2, -0.15) is 5.26 Å². The summed E-state index contributed by atoms with van der Waals surface area (Å²) >= 11 is 0. The van der Waals surface area contributed by atoms with E-state index in [4.69, 9.17) is 14.4 Å². The Morgan fingerprint density at radius 2 is 2.05 bits per heavy atom. The molecular formula is C16H20N4O2. The van der Waals surface area contributed by atoms with Crippen LogP contribution in [0.15, 0.2) is 28.7 Å². The fraction of sp³-hybridized carbons (Fsp3) is 0.375. The van der Waals surface area contributed by atoms with E-state index in [1.54, 1.807) is 14.0 Å². The van der Waals surface area contributed by atoms with Gasteiger partial charge in [0.2, 0.25) is 11.6 Å². The van der Waals surface area contributed by atoms with Crippen LogP contribution in [0.25, 0.3) is 0 Å². The van der Waals surface area contributed by atoms with Crippen molar-refractivity contribution < 1.29 is 9.15 Å². The molecule has 0 radical (unpaired) electrons. The first-order valence-electron chi connectivity index (χ1n) is 6.97. The maximum absolute atomic E-state index is 9.04. The van der Waals surface area contributed by atoms with Gasteiger partial charge in [-0.15, -0.1) is 0 Å². The number of nitrogens with zero attached hydrogens (tertiary/aromatic N) is 3. The largest absolute Gasteiger partial charge is 0.497 e. The molecule has 6 heteroatoms. The van der Waals surface area contributed by atoms with E-state index < -0.39 is 0 Å². The van der Waals surface area contributed by atoms with Crippen LogP contribution in [0.2, 0.25) is 0 Å². The number of nitriles is 1. The number of benzene rings is 1. The number of aryl methyl sites for hydroxylation is 1. The van der Waals surface area contributed by atoms with E-state index >= 15 is 0 Å². The summed E-state index contributed by atoms with van der Waals surface area (Å²) in [7, 11) is 5.66. The van der Waals surface area contributed by atoms with Crippen LogP contribution in [0.1, 0.15) is 23.2 Å². The van der Waals surface area contributed by atoms with Crippen LogP contribution in [-0.4, -0.2) is 37.6 Å². The number of rotatable bonds is 6. The number of nitrogens with one attached hydrogen (secondary N) is 1. The molecule has 0 fully saturated rings. The topological polar surface area (TPSA) is 74.3 Å². The van der Waals surface area contributed by atoms with Crippen molar-refractivity contribution in [2.75, 3.05) is 33.1 Å². The number of hydrogen-bond acceptors (Lipinski definition) is 6. The second kappa shape index (κ2) is 6.96. The maximum Gasteiger partial charge on any atom is 0.232 e. The Morgan fingerprint density at radius 1 is 1.36 bits per heavy atom. The van der Waals surface area contributed by atoms with Gasteiger partial charge >= 0.3 is 0 Å². The number of anilines is 1. The predicted molar refractivity (Wildman–Crippen MR) is 83.9 cm³/mol. The van der Waals surface area contributed by atoms with Crippen LogP contribution in [-0.2, 0) is 0 Å². The van der Waals surface area contributed by atoms with Gasteiger partial charge in [0.15, 0.2) is 5.89 Å². The van der Waals surface area contributed by atoms with Gasteiger partial charge < -0.3 is 19.4 Å². The molecule has 0 aliphatic heterocycles. The summed E-state index contributed by atoms with van der Waals surface area (Å²) < 4.78 is 10.6. The normalized spacial score (nSPS) is 12.0. The van der Waals surface area contributed by atoms with Crippen molar-refractivity contribution in [1.29, 1.82) is 5.26 Å². The molecular weight excluding hydrogens is 280 g/mol. The highest BCUT2D eigenvalue weighted by molar-refractivity contribution is 5.45. The molecule has 0 aliphatic rings. The average molecular weight is 300 g/mol. The summed E-state index contributed by atoms with van der Waals surface area (Å²) in [5.74, 6) is 1.72. The van der Waals surface area contributed by atoms with Crippen molar-refractivity contribution in [2.24, 2.45) is 0 Å². The first kappa shape index (κ1) is 15.9. The van der Waals surface area contributed by atoms with Crippen molar-refractivity contribution in [1.82, 2.24) is 9.88 Å². The third-order valence-corrected chi connectivity index (χ3v) is 3.42. The second-order valence-corrected chi connectivity index (χ2v) is 5.16. The Balaban J connectivity index is 2.13. The minimum Gasteiger partial charge on any atom is -0.497 e. The highest BCUT2D eigenvalue weighted by atomic mass is 16.5. The third-order valence-electron chi connectivity index (χ3n) is 3.42. The van der Waals surface area contributed by atoms with Crippen LogP contribution in [0.5, 0.6) is 5.75 Å². The van der Waals surface area contributed by atoms with Crippen molar-refractivity contribution in [3.05, 3.63) is 41.4 Å². The molecule has 0 aliphatic carbocycles. The molecule has 0 saturated heterocycles. The molecule has 1 N–H and O–H groups in total. The lowest BCUT2D eigenvalue weighted by molar-refractivity contribution is 0.310. The minimum atomic E-state index is 0.128. The molecule has 2 aromatic rings. The summed E-state index contributed by atoms with van der Waals surface area (Å²) in [5, 5.41) is 12.2. The fourth-order valence-corrected chi connectivity index (χ4v) is 2.24. The lowest BCUT2D eigenvalue weighted by atomic mass is 10.1. The summed E-state index contributed by atoms with van der Waals surface area (Å²) in [4.78, 5) is 6.13. The van der Waals surface area contributed by atoms with E-state index in [1.165, 1.54) is 0 Å². The van der Waals surface area contributed by atoms with Crippen LogP contribution in [0.3, 0.4) is 0 Å². The number of methoxy groups -OCH3 is 1. The Labute approximate surface area is 130 Å². The first-order valence-corrected chi connectivity index (χ1v) is 6.97. The summed E-state index contributed by atoms with van der Waals surface area (Å²) in [6, 6.07) is 10.1. The number of oxazole rings is 1. The van der Waals surface area contributed by atoms with E-state index in [1.807, 2.05) is 44.4 Å². The van der Waals surface area contributed by atoms with Crippen LogP contribution >= 0.6 is 0 Å². The number of likely N-dealkylation sites (N-methyl/N-ethyl adjacent to an activating group) is 1. The standard InChI is InChI=1S/C16H20N4O2/c1-11-19-14(9-17)16(22-11)18-10-15(20(2)3)12-5-7-13(21-4)8-6-12/h5-8,15,18H,10H2,1-4H3/t15-/m0/s1. The van der Waals surface area contributed by atoms with Crippen LogP contribution < -0.4 is 10.1 Å². The van der Waals surface area contributed by atoms with Gasteiger partial charge in [0.25, 0.3) is 0 Å². The van der Waals surface area contributed by atoms with E-state index in [0.717, 1.165) is 11.3 Å². The lowest BCUT2D eigenvalue weighted by Gasteiger charge is -2.25. The zero-order valence-corrected chi connectivity index (χ0v) is 13.3. The number of ether oxygens (including phenoxy) is 1. The average Bonchev–Trinajstić information content (AvgIpc) is 2.88. The highest BCUT2D eigenvalue weighted by Crippen LogP contribution is 2.23. The minimum absolute atomic E-state index is 0.128. The van der Waals surface area contributed by atoms with Gasteiger partial charge in [-0.05, 0) is 31.8 Å². The maximum atomic E-state index is 9.04. The molecule has 1 atom stereocenters. The molecule has 0 bridgehead atoms. The molecule has 0 spiro atoms. The van der Waals surface area contributed by atoms with Gasteiger partial charge in [0.1, 0.15) is 11.8 Å². The first-order chi connectivity index (χ1) is 10.5. The SMILES string of the molecule is COc1ccc([C@H](CNc2oc(C)nc2C#N)N(C)C)cc1. The van der Waals surface area contributed by atoms with Crippen LogP contribution in [0.4, 0.5) is 5.88 Å². The fourth-order valence-electron chi connectivity index (χ4n) is 2.24. The Kier molecular flexibility index (Phi) is 5.02. The Bertz CT molecular complexity index is 656. The van der Waals surface area contributed by atoms with Crippen molar-refractivity contribution in [2.45, 2.75) is 13.0 Å². The van der Waals surface area contributed by atoms with Gasteiger partial charge in [-0.25, -0.2) is 4.98 Å². The molecule has 0 unspecified atom stereocenters. The monoisotopic (exact) mass is 300 g/mol. The quantitative estimate of drug-likeness (QED) is 0.884. The van der Waals surface area contributed by atoms with E-state index in [-0.39, 0.29) is 11.7 Å². The zero-order chi connectivity index (χ0) is 16.1. The number of aromatic nitrogens is 1. The molecule has 0 amide bonds. The molecule has 1 aromatic carbocycles. The molecule has 116 valence electrons. The van der Waals surface area contributed by atoms with Crippen molar-refractivity contribution >= 4 is 5.88 Å². The molecule has 1 aromatic heterocycles. The molecule has 6 nitrogen and oxygen atoms in total. The zero-order valence-electron chi connectivity index (χ0n) is 13.3. The second-order valence-electron chi connectivity index (χ2n) is 5.16. The van der Waals surface area contributed by atoms with E-state index in [9.17, 15) is 0 Å². The Hall–Kier alpha value is -2.52. The lowest BCUT2D eigenvalue weighted by Crippen LogP contribution is -2.26. The van der Waals surface area contributed by atoms with E-state index in [0.29, 0.717) is 18.3 Å². The van der Waals surface area contributed by atoms with Crippen LogP contribution in [0, 0.1) is 18.3 Å². The molecule has 0 saturated carbocycles. The van der Waals surface area contributed by atoms with Gasteiger partial charge in [0.05, 0.1) is 13.2 Å². The van der Waals surface area contributed by atoms with Gasteiger partial charge in [0, 0.05) is 13.5 Å². The summed E-state index contributed by atoms with van der Waals surface area (Å²) in [5.41, 5.74) is 1.43.